The molecule has 2 N–H and O–H groups in total. The average Bonchev–Trinajstić information content (AvgIpc) is 2.62. The molecule has 0 aromatic rings. The van der Waals surface area contributed by atoms with Crippen LogP contribution in [0.2, 0.25) is 0 Å². The van der Waals surface area contributed by atoms with Crippen molar-refractivity contribution in [2.24, 2.45) is 5.73 Å². The highest BCUT2D eigenvalue weighted by atomic mass is 32.2. The number of nitrogens with two attached hydrogens (primary N) is 1. The summed E-state index contributed by atoms with van der Waals surface area (Å²) in [6.45, 7) is 0.869. The average molecular weight is 250 g/mol. The molecule has 4 nitrogen and oxygen atoms in total. The first-order valence-electron chi connectivity index (χ1n) is 5.73. The summed E-state index contributed by atoms with van der Waals surface area (Å²) in [5.41, 5.74) is 5.18. The van der Waals surface area contributed by atoms with Crippen LogP contribution >= 0.6 is 0 Å². The third-order valence-electron chi connectivity index (χ3n) is 3.72. The molecule has 6 heteroatoms. The maximum atomic E-state index is 12.7. The molecule has 0 aromatic heterocycles. The number of hydrogen-bond acceptors (Lipinski definition) is 4. The molecular formula is C10H19FN2O2S. The van der Waals surface area contributed by atoms with Gasteiger partial charge in [0, 0.05) is 19.1 Å². The maximum Gasteiger partial charge on any atom is 0.150 e. The number of hydrogen-bond donors (Lipinski definition) is 1. The molecule has 1 atom stereocenters. The van der Waals surface area contributed by atoms with Crippen LogP contribution in [0.5, 0.6) is 0 Å². The number of halogens is 1. The van der Waals surface area contributed by atoms with Gasteiger partial charge in [-0.2, -0.15) is 0 Å². The molecule has 2 aliphatic rings. The van der Waals surface area contributed by atoms with Crippen molar-refractivity contribution in [3.8, 4) is 0 Å². The predicted octanol–water partition coefficient (Wildman–Crippen LogP) is -0.0637. The molecule has 0 aromatic carbocycles. The van der Waals surface area contributed by atoms with Gasteiger partial charge >= 0.3 is 0 Å². The number of nitrogens with zero attached hydrogens (tertiary/aromatic N) is 1. The molecule has 1 unspecified atom stereocenters. The number of sulfone groups is 1. The van der Waals surface area contributed by atoms with Crippen molar-refractivity contribution in [1.82, 2.24) is 4.90 Å². The van der Waals surface area contributed by atoms with E-state index in [9.17, 15) is 12.8 Å². The maximum absolute atomic E-state index is 12.7. The van der Waals surface area contributed by atoms with Gasteiger partial charge in [0.25, 0.3) is 0 Å². The zero-order chi connectivity index (χ0) is 11.8. The van der Waals surface area contributed by atoms with Crippen molar-refractivity contribution in [3.05, 3.63) is 0 Å². The topological polar surface area (TPSA) is 63.4 Å². The van der Waals surface area contributed by atoms with Crippen molar-refractivity contribution in [2.45, 2.75) is 30.8 Å². The zero-order valence-electron chi connectivity index (χ0n) is 9.36. The predicted molar refractivity (Wildman–Crippen MR) is 60.8 cm³/mol. The Morgan fingerprint density at radius 2 is 2.00 bits per heavy atom. The molecule has 16 heavy (non-hydrogen) atoms. The minimum Gasteiger partial charge on any atom is -0.322 e. The molecular weight excluding hydrogens is 231 g/mol. The van der Waals surface area contributed by atoms with Crippen LogP contribution in [0.3, 0.4) is 0 Å². The van der Waals surface area contributed by atoms with E-state index < -0.39 is 22.1 Å². The molecule has 2 fully saturated rings. The molecule has 94 valence electrons. The van der Waals surface area contributed by atoms with Crippen LogP contribution in [0.15, 0.2) is 0 Å². The number of likely N-dealkylation sites (tertiary alicyclic amines) is 1. The lowest BCUT2D eigenvalue weighted by Gasteiger charge is -2.31. The van der Waals surface area contributed by atoms with Gasteiger partial charge in [0.2, 0.25) is 0 Å². The van der Waals surface area contributed by atoms with Crippen LogP contribution in [0.1, 0.15) is 19.3 Å². The van der Waals surface area contributed by atoms with Gasteiger partial charge in [0.05, 0.1) is 17.0 Å². The second kappa shape index (κ2) is 4.23. The molecule has 2 heterocycles. The Balaban J connectivity index is 1.92. The smallest absolute Gasteiger partial charge is 0.150 e. The minimum absolute atomic E-state index is 0.265. The molecule has 0 amide bonds. The molecule has 0 saturated carbocycles. The molecule has 0 spiro atoms. The number of alkyl halides is 1. The van der Waals surface area contributed by atoms with E-state index in [1.807, 2.05) is 0 Å². The van der Waals surface area contributed by atoms with Crippen molar-refractivity contribution in [1.29, 1.82) is 0 Å². The van der Waals surface area contributed by atoms with Crippen LogP contribution in [-0.2, 0) is 9.84 Å². The van der Waals surface area contributed by atoms with Gasteiger partial charge in [-0.15, -0.1) is 0 Å². The fourth-order valence-corrected chi connectivity index (χ4v) is 4.06. The van der Waals surface area contributed by atoms with Crippen molar-refractivity contribution in [2.75, 3.05) is 31.3 Å². The summed E-state index contributed by atoms with van der Waals surface area (Å²) < 4.78 is 35.3. The van der Waals surface area contributed by atoms with Gasteiger partial charge in [0.1, 0.15) is 16.5 Å². The van der Waals surface area contributed by atoms with E-state index in [0.717, 1.165) is 6.54 Å². The van der Waals surface area contributed by atoms with E-state index in [2.05, 4.69) is 4.90 Å². The quantitative estimate of drug-likeness (QED) is 0.745. The van der Waals surface area contributed by atoms with Gasteiger partial charge in [-0.05, 0) is 19.3 Å². The molecule has 2 aliphatic heterocycles. The fourth-order valence-electron chi connectivity index (χ4n) is 2.59. The molecule has 0 radical (unpaired) electrons. The lowest BCUT2D eigenvalue weighted by Crippen LogP contribution is -2.47. The highest BCUT2D eigenvalue weighted by Crippen LogP contribution is 2.26. The van der Waals surface area contributed by atoms with E-state index in [1.54, 1.807) is 0 Å². The Labute approximate surface area is 95.9 Å². The monoisotopic (exact) mass is 250 g/mol. The van der Waals surface area contributed by atoms with E-state index in [0.29, 0.717) is 25.8 Å². The Bertz CT molecular complexity index is 346. The van der Waals surface area contributed by atoms with Gasteiger partial charge in [0.15, 0.2) is 0 Å². The molecule has 0 aliphatic carbocycles. The Morgan fingerprint density at radius 1 is 1.38 bits per heavy atom. The summed E-state index contributed by atoms with van der Waals surface area (Å²) >= 11 is 0. The van der Waals surface area contributed by atoms with E-state index >= 15 is 0 Å². The van der Waals surface area contributed by atoms with Crippen LogP contribution in [0.4, 0.5) is 4.39 Å². The summed E-state index contributed by atoms with van der Waals surface area (Å²) in [6, 6.07) is 0.278. The fraction of sp³-hybridized carbons (Fsp3) is 1.00. The minimum atomic E-state index is -2.81. The van der Waals surface area contributed by atoms with Crippen LogP contribution in [0.25, 0.3) is 0 Å². The highest BCUT2D eigenvalue weighted by molar-refractivity contribution is 7.91. The summed E-state index contributed by atoms with van der Waals surface area (Å²) in [5.74, 6) is 0.530. The van der Waals surface area contributed by atoms with Gasteiger partial charge in [-0.25, -0.2) is 12.8 Å². The first kappa shape index (κ1) is 12.3. The van der Waals surface area contributed by atoms with Gasteiger partial charge in [-0.1, -0.05) is 0 Å². The lowest BCUT2D eigenvalue weighted by atomic mass is 10.0. The van der Waals surface area contributed by atoms with Gasteiger partial charge in [-0.3, -0.25) is 4.90 Å². The van der Waals surface area contributed by atoms with Crippen LogP contribution in [0, 0.1) is 0 Å². The number of rotatable bonds is 2. The first-order valence-corrected chi connectivity index (χ1v) is 7.56. The van der Waals surface area contributed by atoms with E-state index in [4.69, 9.17) is 5.73 Å². The Hall–Kier alpha value is -0.200. The van der Waals surface area contributed by atoms with Gasteiger partial charge < -0.3 is 5.73 Å². The normalized spacial score (nSPS) is 36.6. The molecule has 0 bridgehead atoms. The molecule has 2 saturated heterocycles. The Kier molecular flexibility index (Phi) is 3.25. The third-order valence-corrected chi connectivity index (χ3v) is 5.44. The van der Waals surface area contributed by atoms with E-state index in [1.165, 1.54) is 0 Å². The highest BCUT2D eigenvalue weighted by Gasteiger charge is 2.39. The van der Waals surface area contributed by atoms with E-state index in [-0.39, 0.29) is 17.5 Å². The zero-order valence-corrected chi connectivity index (χ0v) is 10.2. The second-order valence-electron chi connectivity index (χ2n) is 5.10. The van der Waals surface area contributed by atoms with Crippen molar-refractivity contribution >= 4 is 9.84 Å². The summed E-state index contributed by atoms with van der Waals surface area (Å²) in [7, 11) is -2.81. The standard InChI is InChI=1S/C10H19FN2O2S/c11-7-10(12)3-4-13(8-10)9-1-5-16(14,15)6-2-9/h9H,1-8,12H2. The summed E-state index contributed by atoms with van der Waals surface area (Å²) in [5, 5.41) is 0. The van der Waals surface area contributed by atoms with Crippen LogP contribution < -0.4 is 5.73 Å². The van der Waals surface area contributed by atoms with Crippen LogP contribution in [-0.4, -0.2) is 56.2 Å². The largest absolute Gasteiger partial charge is 0.322 e. The third kappa shape index (κ3) is 2.55. The van der Waals surface area contributed by atoms with Crippen molar-refractivity contribution < 1.29 is 12.8 Å². The SMILES string of the molecule is NC1(CF)CCN(C2CCS(=O)(=O)CC2)C1. The first-order chi connectivity index (χ1) is 7.44. The second-order valence-corrected chi connectivity index (χ2v) is 7.40. The van der Waals surface area contributed by atoms with Crippen molar-refractivity contribution in [3.63, 3.8) is 0 Å². The summed E-state index contributed by atoms with van der Waals surface area (Å²) in [6.07, 6.45) is 2.02. The molecule has 2 rings (SSSR count). The Morgan fingerprint density at radius 3 is 2.50 bits per heavy atom. The lowest BCUT2D eigenvalue weighted by molar-refractivity contribution is 0.203. The summed E-state index contributed by atoms with van der Waals surface area (Å²) in [4.78, 5) is 2.16.